The van der Waals surface area contributed by atoms with Gasteiger partial charge in [0.15, 0.2) is 5.79 Å². The Morgan fingerprint density at radius 1 is 1.11 bits per heavy atom. The SMILES string of the molecule is COC1(OC)CCCN(CCC[C@]2(c3ccccc3)CC(c3cc(F)ccc3F)=NN2C(C)=O)C1. The molecule has 2 aliphatic heterocycles. The zero-order valence-corrected chi connectivity index (χ0v) is 20.6. The van der Waals surface area contributed by atoms with Gasteiger partial charge in [-0.1, -0.05) is 30.3 Å². The Bertz CT molecular complexity index is 1070. The molecule has 2 aliphatic rings. The molecule has 1 amide bonds. The summed E-state index contributed by atoms with van der Waals surface area (Å²) in [6.07, 6.45) is 3.51. The summed E-state index contributed by atoms with van der Waals surface area (Å²) in [7, 11) is 3.34. The first-order valence-electron chi connectivity index (χ1n) is 12.0. The zero-order chi connectivity index (χ0) is 25.1. The van der Waals surface area contributed by atoms with Crippen LogP contribution >= 0.6 is 0 Å². The van der Waals surface area contributed by atoms with E-state index in [1.54, 1.807) is 14.2 Å². The van der Waals surface area contributed by atoms with Gasteiger partial charge >= 0.3 is 0 Å². The van der Waals surface area contributed by atoms with Crippen molar-refractivity contribution in [3.63, 3.8) is 0 Å². The summed E-state index contributed by atoms with van der Waals surface area (Å²) in [5.74, 6) is -1.93. The number of likely N-dealkylation sites (tertiary alicyclic amines) is 1. The number of carbonyl (C=O) groups is 1. The summed E-state index contributed by atoms with van der Waals surface area (Å²) in [5, 5.41) is 6.01. The Morgan fingerprint density at radius 2 is 1.86 bits per heavy atom. The predicted octanol–water partition coefficient (Wildman–Crippen LogP) is 4.68. The van der Waals surface area contributed by atoms with Crippen molar-refractivity contribution in [2.24, 2.45) is 5.10 Å². The minimum absolute atomic E-state index is 0.0926. The van der Waals surface area contributed by atoms with Crippen LogP contribution in [0.15, 0.2) is 53.6 Å². The summed E-state index contributed by atoms with van der Waals surface area (Å²) >= 11 is 0. The van der Waals surface area contributed by atoms with E-state index in [-0.39, 0.29) is 11.5 Å². The minimum atomic E-state index is -0.781. The highest BCUT2D eigenvalue weighted by Gasteiger charge is 2.46. The van der Waals surface area contributed by atoms with E-state index in [0.717, 1.165) is 56.1 Å². The van der Waals surface area contributed by atoms with Gasteiger partial charge in [-0.05, 0) is 56.1 Å². The van der Waals surface area contributed by atoms with Crippen LogP contribution in [0.25, 0.3) is 0 Å². The minimum Gasteiger partial charge on any atom is -0.352 e. The Balaban J connectivity index is 1.61. The topological polar surface area (TPSA) is 54.4 Å². The van der Waals surface area contributed by atoms with Gasteiger partial charge in [0.25, 0.3) is 0 Å². The fraction of sp³-hybridized carbons (Fsp3) is 0.481. The van der Waals surface area contributed by atoms with E-state index in [4.69, 9.17) is 9.47 Å². The Labute approximate surface area is 205 Å². The van der Waals surface area contributed by atoms with E-state index in [9.17, 15) is 13.6 Å². The molecule has 6 nitrogen and oxygen atoms in total. The molecule has 8 heteroatoms. The molecule has 0 aliphatic carbocycles. The quantitative estimate of drug-likeness (QED) is 0.510. The van der Waals surface area contributed by atoms with Crippen LogP contribution < -0.4 is 0 Å². The third kappa shape index (κ3) is 5.15. The first-order valence-corrected chi connectivity index (χ1v) is 12.0. The first kappa shape index (κ1) is 25.4. The van der Waals surface area contributed by atoms with Crippen molar-refractivity contribution in [2.75, 3.05) is 33.9 Å². The number of rotatable bonds is 8. The highest BCUT2D eigenvalue weighted by molar-refractivity contribution is 6.03. The maximum absolute atomic E-state index is 14.7. The number of benzene rings is 2. The van der Waals surface area contributed by atoms with E-state index < -0.39 is 23.0 Å². The number of halogens is 2. The monoisotopic (exact) mass is 485 g/mol. The number of ether oxygens (including phenoxy) is 2. The van der Waals surface area contributed by atoms with Crippen LogP contribution in [0.3, 0.4) is 0 Å². The fourth-order valence-corrected chi connectivity index (χ4v) is 5.43. The maximum Gasteiger partial charge on any atom is 0.240 e. The number of carbonyl (C=O) groups excluding carboxylic acids is 1. The van der Waals surface area contributed by atoms with Crippen molar-refractivity contribution in [3.8, 4) is 0 Å². The van der Waals surface area contributed by atoms with Gasteiger partial charge < -0.3 is 9.47 Å². The standard InChI is InChI=1S/C27H33F2N3O3/c1-20(33)32-26(21-9-5-4-6-10-21,18-25(30-32)23-17-22(28)11-12-24(23)29)13-7-15-31-16-8-14-27(19-31,34-2)35-3/h4-6,9-12,17H,7-8,13-16,18-19H2,1-3H3/t26-/m1/s1. The number of piperidine rings is 1. The molecule has 1 atom stereocenters. The second-order valence-corrected chi connectivity index (χ2v) is 9.38. The van der Waals surface area contributed by atoms with E-state index >= 15 is 0 Å². The van der Waals surface area contributed by atoms with Gasteiger partial charge in [-0.25, -0.2) is 13.8 Å². The van der Waals surface area contributed by atoms with Crippen LogP contribution in [-0.4, -0.2) is 61.2 Å². The number of hydrogen-bond acceptors (Lipinski definition) is 5. The third-order valence-corrected chi connectivity index (χ3v) is 7.24. The third-order valence-electron chi connectivity index (χ3n) is 7.24. The van der Waals surface area contributed by atoms with Gasteiger partial charge in [-0.3, -0.25) is 9.69 Å². The molecule has 1 saturated heterocycles. The van der Waals surface area contributed by atoms with Crippen molar-refractivity contribution in [2.45, 2.75) is 50.4 Å². The van der Waals surface area contributed by atoms with Crippen LogP contribution in [0, 0.1) is 11.6 Å². The van der Waals surface area contributed by atoms with Gasteiger partial charge in [-0.15, -0.1) is 0 Å². The second kappa shape index (κ2) is 10.5. The molecule has 0 unspecified atom stereocenters. The number of hydrazone groups is 1. The molecule has 2 aromatic rings. The molecule has 0 bridgehead atoms. The highest BCUT2D eigenvalue weighted by Crippen LogP contribution is 2.43. The molecule has 1 fully saturated rings. The summed E-state index contributed by atoms with van der Waals surface area (Å²) in [5.41, 5.74) is 0.607. The molecule has 0 saturated carbocycles. The molecular weight excluding hydrogens is 452 g/mol. The van der Waals surface area contributed by atoms with Crippen LogP contribution in [0.2, 0.25) is 0 Å². The summed E-state index contributed by atoms with van der Waals surface area (Å²) in [4.78, 5) is 15.1. The molecule has 35 heavy (non-hydrogen) atoms. The molecule has 0 radical (unpaired) electrons. The van der Waals surface area contributed by atoms with E-state index in [1.807, 2.05) is 30.3 Å². The van der Waals surface area contributed by atoms with Crippen LogP contribution in [-0.2, 0) is 19.8 Å². The largest absolute Gasteiger partial charge is 0.352 e. The molecule has 2 heterocycles. The van der Waals surface area contributed by atoms with Crippen molar-refractivity contribution >= 4 is 11.6 Å². The lowest BCUT2D eigenvalue weighted by Crippen LogP contribution is -2.51. The zero-order valence-electron chi connectivity index (χ0n) is 20.6. The molecular formula is C27H33F2N3O3. The lowest BCUT2D eigenvalue weighted by molar-refractivity contribution is -0.232. The molecule has 0 N–H and O–H groups in total. The van der Waals surface area contributed by atoms with Gasteiger partial charge in [0.2, 0.25) is 5.91 Å². The smallest absolute Gasteiger partial charge is 0.240 e. The molecule has 0 aromatic heterocycles. The van der Waals surface area contributed by atoms with Crippen molar-refractivity contribution in [1.29, 1.82) is 0 Å². The number of methoxy groups -OCH3 is 2. The van der Waals surface area contributed by atoms with Crippen molar-refractivity contribution in [3.05, 3.63) is 71.3 Å². The van der Waals surface area contributed by atoms with Gasteiger partial charge in [-0.2, -0.15) is 5.10 Å². The van der Waals surface area contributed by atoms with E-state index in [0.29, 0.717) is 25.1 Å². The van der Waals surface area contributed by atoms with Crippen LogP contribution in [0.5, 0.6) is 0 Å². The highest BCUT2D eigenvalue weighted by atomic mass is 19.1. The van der Waals surface area contributed by atoms with E-state index in [1.165, 1.54) is 11.9 Å². The Hall–Kier alpha value is -2.68. The lowest BCUT2D eigenvalue weighted by Gasteiger charge is -2.41. The normalized spacial score (nSPS) is 22.3. The summed E-state index contributed by atoms with van der Waals surface area (Å²) in [6, 6.07) is 13.0. The van der Waals surface area contributed by atoms with Gasteiger partial charge in [0, 0.05) is 39.5 Å². The predicted molar refractivity (Wildman–Crippen MR) is 130 cm³/mol. The molecule has 4 rings (SSSR count). The summed E-state index contributed by atoms with van der Waals surface area (Å²) in [6.45, 7) is 3.87. The van der Waals surface area contributed by atoms with Gasteiger partial charge in [0.05, 0.1) is 17.8 Å². The average molecular weight is 486 g/mol. The Morgan fingerprint density at radius 3 is 2.54 bits per heavy atom. The van der Waals surface area contributed by atoms with Crippen LogP contribution in [0.4, 0.5) is 8.78 Å². The first-order chi connectivity index (χ1) is 16.8. The number of nitrogens with zero attached hydrogens (tertiary/aromatic N) is 3. The van der Waals surface area contributed by atoms with E-state index in [2.05, 4.69) is 10.0 Å². The maximum atomic E-state index is 14.7. The van der Waals surface area contributed by atoms with Crippen LogP contribution in [0.1, 0.15) is 50.2 Å². The van der Waals surface area contributed by atoms with Crippen molar-refractivity contribution < 1.29 is 23.0 Å². The lowest BCUT2D eigenvalue weighted by atomic mass is 9.80. The summed E-state index contributed by atoms with van der Waals surface area (Å²) < 4.78 is 39.9. The Kier molecular flexibility index (Phi) is 7.64. The fourth-order valence-electron chi connectivity index (χ4n) is 5.43. The molecule has 2 aromatic carbocycles. The average Bonchev–Trinajstić information content (AvgIpc) is 3.27. The van der Waals surface area contributed by atoms with Crippen molar-refractivity contribution in [1.82, 2.24) is 9.91 Å². The number of hydrogen-bond donors (Lipinski definition) is 0. The van der Waals surface area contributed by atoms with Gasteiger partial charge in [0.1, 0.15) is 11.6 Å². The number of amides is 1. The second-order valence-electron chi connectivity index (χ2n) is 9.38. The molecule has 0 spiro atoms. The molecule has 188 valence electrons.